The second-order valence-corrected chi connectivity index (χ2v) is 6.79. The minimum absolute atomic E-state index is 0.0690. The van der Waals surface area contributed by atoms with Crippen LogP contribution in [-0.2, 0) is 9.53 Å². The van der Waals surface area contributed by atoms with Crippen molar-refractivity contribution in [3.8, 4) is 0 Å². The molecule has 0 aliphatic carbocycles. The molecule has 3 N–H and O–H groups in total. The third-order valence-corrected chi connectivity index (χ3v) is 4.61. The van der Waals surface area contributed by atoms with E-state index in [1.165, 1.54) is 19.3 Å². The highest BCUT2D eigenvalue weighted by Gasteiger charge is 2.39. The summed E-state index contributed by atoms with van der Waals surface area (Å²) in [5, 5.41) is 3.07. The first kappa shape index (κ1) is 15.7. The summed E-state index contributed by atoms with van der Waals surface area (Å²) in [6.45, 7) is 8.05. The minimum atomic E-state index is -0.811. The van der Waals surface area contributed by atoms with Crippen LogP contribution in [0.1, 0.15) is 46.0 Å². The average Bonchev–Trinajstić information content (AvgIpc) is 2.45. The molecule has 2 saturated heterocycles. The zero-order chi connectivity index (χ0) is 14.6. The number of carbonyl (C=O) groups excluding carboxylic acids is 1. The van der Waals surface area contributed by atoms with E-state index in [1.807, 2.05) is 0 Å². The molecule has 0 aromatic rings. The number of amides is 1. The predicted octanol–water partition coefficient (Wildman–Crippen LogP) is 0.875. The van der Waals surface area contributed by atoms with Crippen LogP contribution in [0.3, 0.4) is 0 Å². The Morgan fingerprint density at radius 1 is 1.25 bits per heavy atom. The van der Waals surface area contributed by atoms with Crippen LogP contribution in [-0.4, -0.2) is 54.7 Å². The molecule has 0 aromatic carbocycles. The fourth-order valence-corrected chi connectivity index (χ4v) is 3.20. The van der Waals surface area contributed by atoms with E-state index in [4.69, 9.17) is 10.5 Å². The molecule has 2 fully saturated rings. The van der Waals surface area contributed by atoms with E-state index >= 15 is 0 Å². The number of piperidine rings is 1. The second kappa shape index (κ2) is 6.41. The van der Waals surface area contributed by atoms with Gasteiger partial charge in [-0.25, -0.2) is 0 Å². The van der Waals surface area contributed by atoms with E-state index in [0.29, 0.717) is 6.54 Å². The van der Waals surface area contributed by atoms with Crippen molar-refractivity contribution in [3.05, 3.63) is 0 Å². The molecule has 5 nitrogen and oxygen atoms in total. The van der Waals surface area contributed by atoms with Gasteiger partial charge in [-0.15, -0.1) is 0 Å². The van der Waals surface area contributed by atoms with Gasteiger partial charge in [0.1, 0.15) is 0 Å². The third kappa shape index (κ3) is 3.71. The van der Waals surface area contributed by atoms with Gasteiger partial charge in [-0.3, -0.25) is 9.69 Å². The lowest BCUT2D eigenvalue weighted by atomic mass is 9.85. The van der Waals surface area contributed by atoms with E-state index < -0.39 is 5.54 Å². The molecule has 1 amide bonds. The van der Waals surface area contributed by atoms with Gasteiger partial charge in [-0.05, 0) is 52.6 Å². The summed E-state index contributed by atoms with van der Waals surface area (Å²) in [6.07, 6.45) is 5.85. The molecule has 2 aliphatic heterocycles. The summed E-state index contributed by atoms with van der Waals surface area (Å²) in [5.41, 5.74) is 5.12. The summed E-state index contributed by atoms with van der Waals surface area (Å²) >= 11 is 0. The van der Waals surface area contributed by atoms with Gasteiger partial charge in [0.25, 0.3) is 0 Å². The summed E-state index contributed by atoms with van der Waals surface area (Å²) in [5.74, 6) is -0.0691. The number of hydrogen-bond acceptors (Lipinski definition) is 4. The molecule has 116 valence electrons. The average molecular weight is 283 g/mol. The van der Waals surface area contributed by atoms with Gasteiger partial charge in [-0.2, -0.15) is 0 Å². The van der Waals surface area contributed by atoms with Crippen molar-refractivity contribution >= 4 is 5.91 Å². The molecule has 2 heterocycles. The van der Waals surface area contributed by atoms with Gasteiger partial charge in [-0.1, -0.05) is 6.42 Å². The summed E-state index contributed by atoms with van der Waals surface area (Å²) in [6, 6.07) is 0. The molecule has 5 heteroatoms. The van der Waals surface area contributed by atoms with E-state index in [1.54, 1.807) is 13.8 Å². The van der Waals surface area contributed by atoms with Crippen LogP contribution < -0.4 is 11.1 Å². The van der Waals surface area contributed by atoms with Gasteiger partial charge in [0.05, 0.1) is 5.54 Å². The molecule has 0 radical (unpaired) electrons. The maximum absolute atomic E-state index is 12.0. The Hall–Kier alpha value is -0.650. The molecule has 2 aliphatic rings. The molecular weight excluding hydrogens is 254 g/mol. The number of nitrogens with one attached hydrogen (secondary N) is 1. The SMILES string of the molecule is CC(C)(N)C(=O)NCC1(N2CCCCC2)CCOCC1. The van der Waals surface area contributed by atoms with Gasteiger partial charge in [0, 0.05) is 25.3 Å². The van der Waals surface area contributed by atoms with Crippen molar-refractivity contribution in [2.24, 2.45) is 5.73 Å². The van der Waals surface area contributed by atoms with Crippen LogP contribution in [0.25, 0.3) is 0 Å². The van der Waals surface area contributed by atoms with Crippen LogP contribution in [0.4, 0.5) is 0 Å². The van der Waals surface area contributed by atoms with Crippen LogP contribution in [0.5, 0.6) is 0 Å². The fourth-order valence-electron chi connectivity index (χ4n) is 3.20. The molecular formula is C15H29N3O2. The molecule has 0 atom stereocenters. The normalized spacial score (nSPS) is 24.4. The number of hydrogen-bond donors (Lipinski definition) is 2. The smallest absolute Gasteiger partial charge is 0.239 e. The quantitative estimate of drug-likeness (QED) is 0.803. The Labute approximate surface area is 122 Å². The molecule has 20 heavy (non-hydrogen) atoms. The second-order valence-electron chi connectivity index (χ2n) is 6.79. The monoisotopic (exact) mass is 283 g/mol. The van der Waals surface area contributed by atoms with Gasteiger partial charge in [0.15, 0.2) is 0 Å². The van der Waals surface area contributed by atoms with Crippen LogP contribution in [0.2, 0.25) is 0 Å². The molecule has 0 saturated carbocycles. The topological polar surface area (TPSA) is 67.6 Å². The number of nitrogens with zero attached hydrogens (tertiary/aromatic N) is 1. The van der Waals surface area contributed by atoms with Crippen LogP contribution >= 0.6 is 0 Å². The summed E-state index contributed by atoms with van der Waals surface area (Å²) < 4.78 is 5.53. The van der Waals surface area contributed by atoms with Crippen LogP contribution in [0.15, 0.2) is 0 Å². The fraction of sp³-hybridized carbons (Fsp3) is 0.933. The summed E-state index contributed by atoms with van der Waals surface area (Å²) in [7, 11) is 0. The van der Waals surface area contributed by atoms with Crippen molar-refractivity contribution in [1.82, 2.24) is 10.2 Å². The predicted molar refractivity (Wildman–Crippen MR) is 79.5 cm³/mol. The number of rotatable bonds is 4. The highest BCUT2D eigenvalue weighted by Crippen LogP contribution is 2.30. The first-order chi connectivity index (χ1) is 9.44. The minimum Gasteiger partial charge on any atom is -0.381 e. The standard InChI is InChI=1S/C15H29N3O2/c1-14(2,16)13(19)17-12-15(6-10-20-11-7-15)18-8-4-3-5-9-18/h3-12,16H2,1-2H3,(H,17,19). The lowest BCUT2D eigenvalue weighted by Gasteiger charge is -2.48. The molecule has 0 bridgehead atoms. The summed E-state index contributed by atoms with van der Waals surface area (Å²) in [4.78, 5) is 14.6. The first-order valence-electron chi connectivity index (χ1n) is 7.84. The van der Waals surface area contributed by atoms with Crippen molar-refractivity contribution < 1.29 is 9.53 Å². The Bertz CT molecular complexity index is 327. The Balaban J connectivity index is 2.01. The molecule has 0 unspecified atom stereocenters. The highest BCUT2D eigenvalue weighted by molar-refractivity contribution is 5.85. The molecule has 0 aromatic heterocycles. The Kier molecular flexibility index (Phi) is 5.04. The Morgan fingerprint density at radius 2 is 1.85 bits per heavy atom. The van der Waals surface area contributed by atoms with Crippen LogP contribution in [0, 0.1) is 0 Å². The lowest BCUT2D eigenvalue weighted by Crippen LogP contribution is -2.61. The largest absolute Gasteiger partial charge is 0.381 e. The van der Waals surface area contributed by atoms with Crippen molar-refractivity contribution in [2.75, 3.05) is 32.8 Å². The number of carbonyl (C=O) groups is 1. The number of likely N-dealkylation sites (tertiary alicyclic amines) is 1. The molecule has 2 rings (SSSR count). The van der Waals surface area contributed by atoms with E-state index in [0.717, 1.165) is 39.1 Å². The van der Waals surface area contributed by atoms with Crippen molar-refractivity contribution in [2.45, 2.75) is 57.0 Å². The van der Waals surface area contributed by atoms with Gasteiger partial charge in [0.2, 0.25) is 5.91 Å². The maximum Gasteiger partial charge on any atom is 0.239 e. The zero-order valence-corrected chi connectivity index (χ0v) is 12.9. The molecule has 0 spiro atoms. The van der Waals surface area contributed by atoms with E-state index in [2.05, 4.69) is 10.2 Å². The third-order valence-electron chi connectivity index (χ3n) is 4.61. The number of nitrogens with two attached hydrogens (primary N) is 1. The van der Waals surface area contributed by atoms with Crippen molar-refractivity contribution in [1.29, 1.82) is 0 Å². The van der Waals surface area contributed by atoms with E-state index in [-0.39, 0.29) is 11.4 Å². The number of ether oxygens (including phenoxy) is 1. The zero-order valence-electron chi connectivity index (χ0n) is 12.9. The maximum atomic E-state index is 12.0. The van der Waals surface area contributed by atoms with Gasteiger partial charge >= 0.3 is 0 Å². The van der Waals surface area contributed by atoms with Crippen molar-refractivity contribution in [3.63, 3.8) is 0 Å². The lowest BCUT2D eigenvalue weighted by molar-refractivity contribution is -0.126. The van der Waals surface area contributed by atoms with Gasteiger partial charge < -0.3 is 15.8 Å². The first-order valence-corrected chi connectivity index (χ1v) is 7.84. The Morgan fingerprint density at radius 3 is 2.40 bits per heavy atom. The van der Waals surface area contributed by atoms with E-state index in [9.17, 15) is 4.79 Å². The highest BCUT2D eigenvalue weighted by atomic mass is 16.5.